The van der Waals surface area contributed by atoms with E-state index in [-0.39, 0.29) is 31.0 Å². The number of nitrogens with two attached hydrogens (primary N) is 1. The van der Waals surface area contributed by atoms with E-state index in [4.69, 9.17) is 27.4 Å². The number of hydrogen-bond donors (Lipinski definition) is 2. The third kappa shape index (κ3) is 5.12. The molecule has 1 amide bonds. The molecule has 20 heavy (non-hydrogen) atoms. The van der Waals surface area contributed by atoms with Crippen molar-refractivity contribution < 1.29 is 23.9 Å². The number of ether oxygens (including phenoxy) is 2. The van der Waals surface area contributed by atoms with E-state index in [1.165, 1.54) is 6.92 Å². The Morgan fingerprint density at radius 1 is 1.15 bits per heavy atom. The minimum Gasteiger partial charge on any atom is -0.464 e. The van der Waals surface area contributed by atoms with Gasteiger partial charge in [-0.1, -0.05) is 12.2 Å². The van der Waals surface area contributed by atoms with E-state index in [0.29, 0.717) is 0 Å². The Bertz CT molecular complexity index is 379. The van der Waals surface area contributed by atoms with Gasteiger partial charge < -0.3 is 20.5 Å². The number of thiocarbonyl (C=S) groups is 1. The smallest absolute Gasteiger partial charge is 0.343 e. The first kappa shape index (κ1) is 18.3. The van der Waals surface area contributed by atoms with Gasteiger partial charge in [-0.05, 0) is 20.3 Å². The molecule has 0 aliphatic carbocycles. The van der Waals surface area contributed by atoms with E-state index >= 15 is 0 Å². The van der Waals surface area contributed by atoms with E-state index in [2.05, 4.69) is 5.32 Å². The number of nitrogens with one attached hydrogen (secondary N) is 1. The minimum absolute atomic E-state index is 0.0621. The van der Waals surface area contributed by atoms with E-state index in [1.54, 1.807) is 13.8 Å². The van der Waals surface area contributed by atoms with Gasteiger partial charge in [0.1, 0.15) is 0 Å². The molecular weight excluding hydrogens is 284 g/mol. The second-order valence-corrected chi connectivity index (χ2v) is 4.52. The molecule has 0 aromatic heterocycles. The topological polar surface area (TPSA) is 108 Å². The predicted molar refractivity (Wildman–Crippen MR) is 75.8 cm³/mol. The van der Waals surface area contributed by atoms with Crippen molar-refractivity contribution in [3.8, 4) is 0 Å². The number of carbonyl (C=O) groups excluding carboxylic acids is 3. The monoisotopic (exact) mass is 304 g/mol. The Kier molecular flexibility index (Phi) is 7.75. The fourth-order valence-electron chi connectivity index (χ4n) is 1.57. The van der Waals surface area contributed by atoms with Crippen molar-refractivity contribution in [3.05, 3.63) is 0 Å². The number of hydrogen-bond acceptors (Lipinski definition) is 6. The lowest BCUT2D eigenvalue weighted by atomic mass is 9.93. The molecule has 0 saturated carbocycles. The summed E-state index contributed by atoms with van der Waals surface area (Å²) in [5.41, 5.74) is 3.48. The van der Waals surface area contributed by atoms with E-state index in [0.717, 1.165) is 0 Å². The lowest BCUT2D eigenvalue weighted by molar-refractivity contribution is -0.168. The molecule has 0 aromatic rings. The van der Waals surface area contributed by atoms with Crippen LogP contribution in [-0.4, -0.2) is 41.6 Å². The van der Waals surface area contributed by atoms with Crippen LogP contribution >= 0.6 is 12.2 Å². The maximum Gasteiger partial charge on any atom is 0.343 e. The SMILES string of the molecule is CCOC(=O)C(CCC(N)=S)(NC(C)=O)C(=O)OCC. The number of rotatable bonds is 8. The summed E-state index contributed by atoms with van der Waals surface area (Å²) in [4.78, 5) is 35.7. The van der Waals surface area contributed by atoms with Crippen LogP contribution in [0.4, 0.5) is 0 Å². The fourth-order valence-corrected chi connectivity index (χ4v) is 1.67. The zero-order valence-corrected chi connectivity index (χ0v) is 12.7. The van der Waals surface area contributed by atoms with Crippen LogP contribution in [-0.2, 0) is 23.9 Å². The summed E-state index contributed by atoms with van der Waals surface area (Å²) >= 11 is 4.74. The third-order valence-electron chi connectivity index (χ3n) is 2.38. The van der Waals surface area contributed by atoms with Crippen molar-refractivity contribution in [2.75, 3.05) is 13.2 Å². The van der Waals surface area contributed by atoms with Gasteiger partial charge in [-0.15, -0.1) is 0 Å². The van der Waals surface area contributed by atoms with E-state index < -0.39 is 23.4 Å². The van der Waals surface area contributed by atoms with Gasteiger partial charge in [0.15, 0.2) is 0 Å². The minimum atomic E-state index is -1.92. The van der Waals surface area contributed by atoms with Crippen LogP contribution in [0.1, 0.15) is 33.6 Å². The molecule has 0 heterocycles. The molecule has 8 heteroatoms. The van der Waals surface area contributed by atoms with Crippen molar-refractivity contribution >= 4 is 35.1 Å². The Morgan fingerprint density at radius 3 is 1.90 bits per heavy atom. The number of esters is 2. The summed E-state index contributed by atoms with van der Waals surface area (Å²) in [6, 6.07) is 0. The summed E-state index contributed by atoms with van der Waals surface area (Å²) in [6.07, 6.45) is -0.0210. The molecule has 0 spiro atoms. The molecule has 114 valence electrons. The van der Waals surface area contributed by atoms with Gasteiger partial charge in [0.2, 0.25) is 11.4 Å². The molecule has 7 nitrogen and oxygen atoms in total. The summed E-state index contributed by atoms with van der Waals surface area (Å²) < 4.78 is 9.74. The molecule has 0 rings (SSSR count). The van der Waals surface area contributed by atoms with Crippen LogP contribution in [0.5, 0.6) is 0 Å². The Labute approximate surface area is 123 Å². The standard InChI is InChI=1S/C12H20N2O5S/c1-4-18-10(16)12(14-8(3)15,7-6-9(13)20)11(17)19-5-2/h4-7H2,1-3H3,(H2,13,20)(H,14,15). The van der Waals surface area contributed by atoms with Gasteiger partial charge in [0, 0.05) is 13.3 Å². The molecule has 0 bridgehead atoms. The normalized spacial score (nSPS) is 10.6. The van der Waals surface area contributed by atoms with Crippen LogP contribution in [0.15, 0.2) is 0 Å². The van der Waals surface area contributed by atoms with Crippen LogP contribution < -0.4 is 11.1 Å². The molecule has 0 unspecified atom stereocenters. The Balaban J connectivity index is 5.48. The highest BCUT2D eigenvalue weighted by Crippen LogP contribution is 2.18. The molecule has 0 radical (unpaired) electrons. The van der Waals surface area contributed by atoms with Gasteiger partial charge in [-0.2, -0.15) is 0 Å². The Hall–Kier alpha value is -1.70. The molecule has 0 aromatic carbocycles. The summed E-state index contributed by atoms with van der Waals surface area (Å²) in [7, 11) is 0. The average molecular weight is 304 g/mol. The lowest BCUT2D eigenvalue weighted by Crippen LogP contribution is -2.61. The highest BCUT2D eigenvalue weighted by molar-refractivity contribution is 7.80. The third-order valence-corrected chi connectivity index (χ3v) is 2.59. The van der Waals surface area contributed by atoms with Crippen molar-refractivity contribution in [3.63, 3.8) is 0 Å². The van der Waals surface area contributed by atoms with Crippen LogP contribution in [0.2, 0.25) is 0 Å². The molecule has 3 N–H and O–H groups in total. The zero-order chi connectivity index (χ0) is 15.8. The highest BCUT2D eigenvalue weighted by Gasteiger charge is 2.49. The number of amides is 1. The van der Waals surface area contributed by atoms with Crippen LogP contribution in [0.25, 0.3) is 0 Å². The molecule has 0 atom stereocenters. The van der Waals surface area contributed by atoms with Gasteiger partial charge >= 0.3 is 11.9 Å². The highest BCUT2D eigenvalue weighted by atomic mass is 32.1. The summed E-state index contributed by atoms with van der Waals surface area (Å²) in [5.74, 6) is -2.33. The fraction of sp³-hybridized carbons (Fsp3) is 0.667. The van der Waals surface area contributed by atoms with Crippen molar-refractivity contribution in [1.29, 1.82) is 0 Å². The number of carbonyl (C=O) groups is 3. The molecule has 0 fully saturated rings. The first-order valence-electron chi connectivity index (χ1n) is 6.21. The van der Waals surface area contributed by atoms with E-state index in [1.807, 2.05) is 0 Å². The van der Waals surface area contributed by atoms with Gasteiger partial charge in [-0.25, -0.2) is 9.59 Å². The maximum absolute atomic E-state index is 12.1. The zero-order valence-electron chi connectivity index (χ0n) is 11.9. The summed E-state index contributed by atoms with van der Waals surface area (Å²) in [5, 5.41) is 2.31. The molecular formula is C12H20N2O5S. The Morgan fingerprint density at radius 2 is 1.60 bits per heavy atom. The largest absolute Gasteiger partial charge is 0.464 e. The maximum atomic E-state index is 12.1. The molecule has 0 aliphatic rings. The molecule has 0 saturated heterocycles. The molecule has 0 aliphatic heterocycles. The van der Waals surface area contributed by atoms with Crippen molar-refractivity contribution in [2.24, 2.45) is 5.73 Å². The van der Waals surface area contributed by atoms with Gasteiger partial charge in [-0.3, -0.25) is 4.79 Å². The quantitative estimate of drug-likeness (QED) is 0.371. The van der Waals surface area contributed by atoms with Crippen molar-refractivity contribution in [1.82, 2.24) is 5.32 Å². The summed E-state index contributed by atoms with van der Waals surface area (Å²) in [6.45, 7) is 4.50. The van der Waals surface area contributed by atoms with Gasteiger partial charge in [0.05, 0.1) is 18.2 Å². The second-order valence-electron chi connectivity index (χ2n) is 3.99. The second kappa shape index (κ2) is 8.47. The van der Waals surface area contributed by atoms with Crippen molar-refractivity contribution in [2.45, 2.75) is 39.2 Å². The van der Waals surface area contributed by atoms with Crippen LogP contribution in [0, 0.1) is 0 Å². The first-order valence-corrected chi connectivity index (χ1v) is 6.62. The van der Waals surface area contributed by atoms with Gasteiger partial charge in [0.25, 0.3) is 0 Å². The van der Waals surface area contributed by atoms with Crippen LogP contribution in [0.3, 0.4) is 0 Å². The average Bonchev–Trinajstić information content (AvgIpc) is 2.34. The first-order chi connectivity index (χ1) is 9.30. The van der Waals surface area contributed by atoms with E-state index in [9.17, 15) is 14.4 Å². The lowest BCUT2D eigenvalue weighted by Gasteiger charge is -2.29. The predicted octanol–water partition coefficient (Wildman–Crippen LogP) is 0.0538.